The first kappa shape index (κ1) is 13.7. The molecular weight excluding hydrogens is 264 g/mol. The third kappa shape index (κ3) is 2.79. The van der Waals surface area contributed by atoms with Crippen molar-refractivity contribution in [2.24, 2.45) is 0 Å². The van der Waals surface area contributed by atoms with Crippen LogP contribution in [-0.4, -0.2) is 16.2 Å². The largest absolute Gasteiger partial charge is 0.494 e. The molecule has 0 unspecified atom stereocenters. The van der Waals surface area contributed by atoms with Gasteiger partial charge in [0, 0.05) is 17.1 Å². The lowest BCUT2D eigenvalue weighted by atomic mass is 10.2. The van der Waals surface area contributed by atoms with Crippen molar-refractivity contribution in [2.75, 3.05) is 6.61 Å². The van der Waals surface area contributed by atoms with Gasteiger partial charge in [0.15, 0.2) is 0 Å². The highest BCUT2D eigenvalue weighted by atomic mass is 16.5. The number of benzene rings is 1. The van der Waals surface area contributed by atoms with Gasteiger partial charge in [-0.1, -0.05) is 6.92 Å². The van der Waals surface area contributed by atoms with E-state index in [4.69, 9.17) is 9.15 Å². The molecule has 110 valence electrons. The van der Waals surface area contributed by atoms with Crippen LogP contribution in [0.15, 0.2) is 34.9 Å². The lowest BCUT2D eigenvalue weighted by molar-refractivity contribution is 0.318. The fourth-order valence-electron chi connectivity index (χ4n) is 2.38. The molecule has 4 heteroatoms. The van der Waals surface area contributed by atoms with E-state index in [1.165, 1.54) is 5.39 Å². The maximum atomic E-state index is 5.67. The smallest absolute Gasteiger partial charge is 0.214 e. The number of ether oxygens (including phenoxy) is 1. The number of fused-ring (bicyclic) bond motifs is 1. The Balaban J connectivity index is 1.86. The molecule has 0 aliphatic rings. The van der Waals surface area contributed by atoms with Gasteiger partial charge in [0.25, 0.3) is 0 Å². The van der Waals surface area contributed by atoms with Crippen LogP contribution in [0.4, 0.5) is 0 Å². The minimum atomic E-state index is 0.646. The van der Waals surface area contributed by atoms with Gasteiger partial charge in [-0.25, -0.2) is 4.98 Å². The van der Waals surface area contributed by atoms with E-state index in [-0.39, 0.29) is 0 Å². The van der Waals surface area contributed by atoms with Crippen LogP contribution in [-0.2, 0) is 6.54 Å². The van der Waals surface area contributed by atoms with Crippen LogP contribution in [0.3, 0.4) is 0 Å². The van der Waals surface area contributed by atoms with Gasteiger partial charge in [-0.2, -0.15) is 0 Å². The summed E-state index contributed by atoms with van der Waals surface area (Å²) >= 11 is 0. The Morgan fingerprint density at radius 3 is 2.81 bits per heavy atom. The van der Waals surface area contributed by atoms with Gasteiger partial charge >= 0.3 is 0 Å². The van der Waals surface area contributed by atoms with Crippen molar-refractivity contribution in [2.45, 2.75) is 33.7 Å². The molecule has 0 aliphatic heterocycles. The van der Waals surface area contributed by atoms with Crippen LogP contribution in [0.25, 0.3) is 10.9 Å². The molecule has 0 spiro atoms. The predicted molar refractivity (Wildman–Crippen MR) is 82.8 cm³/mol. The Bertz CT molecular complexity index is 736. The van der Waals surface area contributed by atoms with Crippen LogP contribution in [0.5, 0.6) is 5.75 Å². The topological polar surface area (TPSA) is 40.2 Å². The monoisotopic (exact) mass is 284 g/mol. The standard InChI is InChI=1S/C17H20N2O2/c1-4-9-20-15-5-6-16-14(10-15)7-8-19(16)11-17-18-12(2)13(3)21-17/h5-8,10H,4,9,11H2,1-3H3. The first-order valence-corrected chi connectivity index (χ1v) is 7.32. The van der Waals surface area contributed by atoms with Gasteiger partial charge in [-0.15, -0.1) is 0 Å². The fraction of sp³-hybridized carbons (Fsp3) is 0.353. The van der Waals surface area contributed by atoms with E-state index in [0.29, 0.717) is 6.54 Å². The van der Waals surface area contributed by atoms with Gasteiger partial charge in [-0.05, 0) is 44.5 Å². The molecule has 0 bridgehead atoms. The fourth-order valence-corrected chi connectivity index (χ4v) is 2.38. The van der Waals surface area contributed by atoms with Crippen molar-refractivity contribution >= 4 is 10.9 Å². The molecule has 3 aromatic rings. The van der Waals surface area contributed by atoms with Gasteiger partial charge < -0.3 is 13.7 Å². The Labute approximate surface area is 124 Å². The molecule has 1 aromatic carbocycles. The molecule has 2 heterocycles. The van der Waals surface area contributed by atoms with Gasteiger partial charge in [0.05, 0.1) is 18.8 Å². The highest BCUT2D eigenvalue weighted by molar-refractivity contribution is 5.81. The van der Waals surface area contributed by atoms with Gasteiger partial charge in [0.2, 0.25) is 5.89 Å². The summed E-state index contributed by atoms with van der Waals surface area (Å²) in [7, 11) is 0. The van der Waals surface area contributed by atoms with Gasteiger partial charge in [-0.3, -0.25) is 0 Å². The summed E-state index contributed by atoms with van der Waals surface area (Å²) in [5.41, 5.74) is 2.11. The maximum absolute atomic E-state index is 5.67. The normalized spacial score (nSPS) is 11.2. The second-order valence-corrected chi connectivity index (χ2v) is 5.26. The van der Waals surface area contributed by atoms with Crippen LogP contribution in [0.1, 0.15) is 30.7 Å². The highest BCUT2D eigenvalue weighted by Crippen LogP contribution is 2.23. The van der Waals surface area contributed by atoms with Crippen LogP contribution in [0.2, 0.25) is 0 Å². The van der Waals surface area contributed by atoms with Crippen molar-refractivity contribution in [3.8, 4) is 5.75 Å². The van der Waals surface area contributed by atoms with Crippen molar-refractivity contribution in [1.29, 1.82) is 0 Å². The van der Waals surface area contributed by atoms with E-state index in [1.54, 1.807) is 0 Å². The molecule has 4 nitrogen and oxygen atoms in total. The molecule has 0 aliphatic carbocycles. The van der Waals surface area contributed by atoms with E-state index >= 15 is 0 Å². The molecule has 0 saturated carbocycles. The Kier molecular flexibility index (Phi) is 3.69. The maximum Gasteiger partial charge on any atom is 0.214 e. The second-order valence-electron chi connectivity index (χ2n) is 5.26. The van der Waals surface area contributed by atoms with Crippen LogP contribution in [0, 0.1) is 13.8 Å². The summed E-state index contributed by atoms with van der Waals surface area (Å²) in [4.78, 5) is 4.44. The number of aromatic nitrogens is 2. The molecule has 0 radical (unpaired) electrons. The summed E-state index contributed by atoms with van der Waals surface area (Å²) in [6.07, 6.45) is 3.07. The zero-order valence-electron chi connectivity index (χ0n) is 12.7. The molecular formula is C17H20N2O2. The first-order chi connectivity index (χ1) is 10.2. The van der Waals surface area contributed by atoms with Crippen LogP contribution >= 0.6 is 0 Å². The molecule has 21 heavy (non-hydrogen) atoms. The number of hydrogen-bond donors (Lipinski definition) is 0. The number of aryl methyl sites for hydroxylation is 2. The SMILES string of the molecule is CCCOc1ccc2c(ccn2Cc2nc(C)c(C)o2)c1. The highest BCUT2D eigenvalue weighted by Gasteiger charge is 2.08. The molecule has 0 N–H and O–H groups in total. The quantitative estimate of drug-likeness (QED) is 0.708. The first-order valence-electron chi connectivity index (χ1n) is 7.32. The van der Waals surface area contributed by atoms with Crippen molar-refractivity contribution in [1.82, 2.24) is 9.55 Å². The third-order valence-electron chi connectivity index (χ3n) is 3.59. The summed E-state index contributed by atoms with van der Waals surface area (Å²) in [6, 6.07) is 8.27. The number of rotatable bonds is 5. The second kappa shape index (κ2) is 5.64. The zero-order valence-corrected chi connectivity index (χ0v) is 12.7. The van der Waals surface area contributed by atoms with Crippen molar-refractivity contribution in [3.05, 3.63) is 47.8 Å². The van der Waals surface area contributed by atoms with Crippen molar-refractivity contribution < 1.29 is 9.15 Å². The molecule has 2 aromatic heterocycles. The van der Waals surface area contributed by atoms with E-state index in [1.807, 2.05) is 19.9 Å². The molecule has 3 rings (SSSR count). The predicted octanol–water partition coefficient (Wildman–Crippen LogP) is 4.08. The summed E-state index contributed by atoms with van der Waals surface area (Å²) in [6.45, 7) is 7.41. The summed E-state index contributed by atoms with van der Waals surface area (Å²) in [5.74, 6) is 2.55. The van der Waals surface area contributed by atoms with Crippen LogP contribution < -0.4 is 4.74 Å². The van der Waals surface area contributed by atoms with E-state index in [9.17, 15) is 0 Å². The molecule has 0 saturated heterocycles. The third-order valence-corrected chi connectivity index (χ3v) is 3.59. The summed E-state index contributed by atoms with van der Waals surface area (Å²) in [5, 5.41) is 1.17. The average Bonchev–Trinajstić information content (AvgIpc) is 3.01. The Morgan fingerprint density at radius 2 is 2.10 bits per heavy atom. The number of oxazole rings is 1. The zero-order chi connectivity index (χ0) is 14.8. The molecule has 0 fully saturated rings. The average molecular weight is 284 g/mol. The Morgan fingerprint density at radius 1 is 1.24 bits per heavy atom. The van der Waals surface area contributed by atoms with Crippen molar-refractivity contribution in [3.63, 3.8) is 0 Å². The van der Waals surface area contributed by atoms with E-state index in [0.717, 1.165) is 41.6 Å². The van der Waals surface area contributed by atoms with E-state index in [2.05, 4.69) is 40.9 Å². The Hall–Kier alpha value is -2.23. The summed E-state index contributed by atoms with van der Waals surface area (Å²) < 4.78 is 13.5. The number of hydrogen-bond acceptors (Lipinski definition) is 3. The minimum Gasteiger partial charge on any atom is -0.494 e. The molecule has 0 amide bonds. The lowest BCUT2D eigenvalue weighted by Crippen LogP contribution is -1.98. The number of nitrogens with zero attached hydrogens (tertiary/aromatic N) is 2. The lowest BCUT2D eigenvalue weighted by Gasteiger charge is -2.06. The van der Waals surface area contributed by atoms with E-state index < -0.39 is 0 Å². The van der Waals surface area contributed by atoms with Gasteiger partial charge in [0.1, 0.15) is 11.5 Å². The molecule has 0 atom stereocenters. The minimum absolute atomic E-state index is 0.646.